The fourth-order valence-electron chi connectivity index (χ4n) is 2.99. The van der Waals surface area contributed by atoms with E-state index < -0.39 is 0 Å². The number of carbonyl (C=O) groups is 1. The monoisotopic (exact) mass is 262 g/mol. The molecule has 3 nitrogen and oxygen atoms in total. The first kappa shape index (κ1) is 12.6. The summed E-state index contributed by atoms with van der Waals surface area (Å²) >= 11 is 0. The Morgan fingerprint density at radius 2 is 2.05 bits per heavy atom. The first-order valence-electron chi connectivity index (χ1n) is 6.87. The third-order valence-corrected chi connectivity index (χ3v) is 4.46. The van der Waals surface area contributed by atoms with Gasteiger partial charge in [0.1, 0.15) is 5.82 Å². The minimum Gasteiger partial charge on any atom is -0.341 e. The highest BCUT2D eigenvalue weighted by Gasteiger charge is 2.53. The zero-order valence-electron chi connectivity index (χ0n) is 11.2. The third-order valence-electron chi connectivity index (χ3n) is 4.46. The number of hydrogen-bond donors (Lipinski definition) is 1. The molecule has 0 bridgehead atoms. The van der Waals surface area contributed by atoms with Crippen molar-refractivity contribution in [2.45, 2.75) is 30.7 Å². The number of amides is 1. The van der Waals surface area contributed by atoms with Crippen LogP contribution < -0.4 is 5.32 Å². The molecule has 3 rings (SSSR count). The highest BCUT2D eigenvalue weighted by Crippen LogP contribution is 2.49. The molecule has 1 aromatic carbocycles. The third kappa shape index (κ3) is 2.14. The maximum Gasteiger partial charge on any atom is 0.233 e. The van der Waals surface area contributed by atoms with Crippen molar-refractivity contribution in [2.75, 3.05) is 20.1 Å². The molecule has 0 spiro atoms. The van der Waals surface area contributed by atoms with Gasteiger partial charge in [0.2, 0.25) is 5.91 Å². The van der Waals surface area contributed by atoms with E-state index in [0.717, 1.165) is 37.9 Å². The Morgan fingerprint density at radius 3 is 2.58 bits per heavy atom. The molecule has 4 heteroatoms. The number of rotatable bonds is 3. The molecule has 1 N–H and O–H groups in total. The summed E-state index contributed by atoms with van der Waals surface area (Å²) in [5, 5.41) is 3.28. The highest BCUT2D eigenvalue weighted by atomic mass is 19.1. The molecule has 1 aliphatic carbocycles. The van der Waals surface area contributed by atoms with Crippen molar-refractivity contribution < 1.29 is 9.18 Å². The van der Waals surface area contributed by atoms with E-state index in [4.69, 9.17) is 0 Å². The molecule has 1 aromatic rings. The number of nitrogens with zero attached hydrogens (tertiary/aromatic N) is 1. The van der Waals surface area contributed by atoms with E-state index in [1.54, 1.807) is 12.1 Å². The summed E-state index contributed by atoms with van der Waals surface area (Å²) < 4.78 is 13.0. The first-order valence-corrected chi connectivity index (χ1v) is 6.87. The Hall–Kier alpha value is -1.42. The van der Waals surface area contributed by atoms with Crippen LogP contribution >= 0.6 is 0 Å². The smallest absolute Gasteiger partial charge is 0.233 e. The van der Waals surface area contributed by atoms with E-state index in [1.807, 2.05) is 11.9 Å². The van der Waals surface area contributed by atoms with Gasteiger partial charge in [0.05, 0.1) is 5.41 Å². The predicted octanol–water partition coefficient (Wildman–Crippen LogP) is 1.68. The van der Waals surface area contributed by atoms with Crippen LogP contribution in [0.25, 0.3) is 0 Å². The summed E-state index contributed by atoms with van der Waals surface area (Å²) in [5.41, 5.74) is 0.571. The van der Waals surface area contributed by atoms with Gasteiger partial charge in [-0.15, -0.1) is 0 Å². The van der Waals surface area contributed by atoms with Crippen LogP contribution in [0.15, 0.2) is 24.3 Å². The lowest BCUT2D eigenvalue weighted by molar-refractivity contribution is -0.134. The van der Waals surface area contributed by atoms with Gasteiger partial charge in [-0.1, -0.05) is 12.1 Å². The van der Waals surface area contributed by atoms with Crippen LogP contribution in [0.2, 0.25) is 0 Å². The molecule has 0 radical (unpaired) electrons. The van der Waals surface area contributed by atoms with Crippen LogP contribution in [0.3, 0.4) is 0 Å². The van der Waals surface area contributed by atoms with E-state index in [-0.39, 0.29) is 17.1 Å². The van der Waals surface area contributed by atoms with Gasteiger partial charge in [-0.05, 0) is 43.5 Å². The molecule has 0 aromatic heterocycles. The standard InChI is InChI=1S/C15H19FN2O/c1-18(13-6-9-17-10-13)14(19)15(7-8-15)11-2-4-12(16)5-3-11/h2-5,13,17H,6-10H2,1H3. The molecule has 1 atom stereocenters. The van der Waals surface area contributed by atoms with Crippen LogP contribution in [0.5, 0.6) is 0 Å². The molecule has 102 valence electrons. The second kappa shape index (κ2) is 4.60. The van der Waals surface area contributed by atoms with Gasteiger partial charge < -0.3 is 10.2 Å². The fraction of sp³-hybridized carbons (Fsp3) is 0.533. The summed E-state index contributed by atoms with van der Waals surface area (Å²) in [6, 6.07) is 6.69. The Balaban J connectivity index is 1.80. The largest absolute Gasteiger partial charge is 0.341 e. The van der Waals surface area contributed by atoms with Gasteiger partial charge in [-0.3, -0.25) is 4.79 Å². The summed E-state index contributed by atoms with van der Waals surface area (Å²) in [6.07, 6.45) is 2.77. The average molecular weight is 262 g/mol. The number of carbonyl (C=O) groups excluding carboxylic acids is 1. The minimum absolute atomic E-state index is 0.188. The molecule has 1 aliphatic heterocycles. The van der Waals surface area contributed by atoms with E-state index in [2.05, 4.69) is 5.32 Å². The quantitative estimate of drug-likeness (QED) is 0.899. The molecule has 2 aliphatic rings. The summed E-state index contributed by atoms with van der Waals surface area (Å²) in [7, 11) is 1.89. The van der Waals surface area contributed by atoms with Crippen molar-refractivity contribution in [1.29, 1.82) is 0 Å². The van der Waals surface area contributed by atoms with Crippen molar-refractivity contribution in [2.24, 2.45) is 0 Å². The van der Waals surface area contributed by atoms with Crippen molar-refractivity contribution >= 4 is 5.91 Å². The van der Waals surface area contributed by atoms with Gasteiger partial charge in [-0.2, -0.15) is 0 Å². The molecule has 1 heterocycles. The van der Waals surface area contributed by atoms with Gasteiger partial charge in [-0.25, -0.2) is 4.39 Å². The summed E-state index contributed by atoms with van der Waals surface area (Å²) in [4.78, 5) is 14.6. The Kier molecular flexibility index (Phi) is 3.05. The fourth-order valence-corrected chi connectivity index (χ4v) is 2.99. The molecular weight excluding hydrogens is 243 g/mol. The van der Waals surface area contributed by atoms with Gasteiger partial charge in [0.25, 0.3) is 0 Å². The SMILES string of the molecule is CN(C(=O)C1(c2ccc(F)cc2)CC1)C1CCNC1. The van der Waals surface area contributed by atoms with Crippen LogP contribution in [0.1, 0.15) is 24.8 Å². The maximum absolute atomic E-state index is 13.0. The number of likely N-dealkylation sites (N-methyl/N-ethyl adjacent to an activating group) is 1. The highest BCUT2D eigenvalue weighted by molar-refractivity contribution is 5.91. The van der Waals surface area contributed by atoms with Crippen LogP contribution in [-0.4, -0.2) is 37.0 Å². The molecule has 2 fully saturated rings. The van der Waals surface area contributed by atoms with E-state index in [9.17, 15) is 9.18 Å². The number of hydrogen-bond acceptors (Lipinski definition) is 2. The van der Waals surface area contributed by atoms with E-state index in [1.165, 1.54) is 12.1 Å². The summed E-state index contributed by atoms with van der Waals surface area (Å²) in [6.45, 7) is 1.85. The minimum atomic E-state index is -0.384. The lowest BCUT2D eigenvalue weighted by atomic mass is 9.93. The number of halogens is 1. The zero-order chi connectivity index (χ0) is 13.5. The Labute approximate surface area is 112 Å². The molecule has 1 saturated carbocycles. The van der Waals surface area contributed by atoms with Crippen LogP contribution in [0, 0.1) is 5.82 Å². The Morgan fingerprint density at radius 1 is 1.37 bits per heavy atom. The maximum atomic E-state index is 13.0. The first-order chi connectivity index (χ1) is 9.13. The van der Waals surface area contributed by atoms with Crippen LogP contribution in [0.4, 0.5) is 4.39 Å². The molecule has 1 amide bonds. The normalized spacial score (nSPS) is 24.2. The molecule has 1 unspecified atom stereocenters. The van der Waals surface area contributed by atoms with E-state index in [0.29, 0.717) is 6.04 Å². The van der Waals surface area contributed by atoms with Gasteiger partial charge >= 0.3 is 0 Å². The average Bonchev–Trinajstić information content (AvgIpc) is 3.05. The lowest BCUT2D eigenvalue weighted by Gasteiger charge is -2.28. The topological polar surface area (TPSA) is 32.3 Å². The van der Waals surface area contributed by atoms with Crippen molar-refractivity contribution in [3.05, 3.63) is 35.6 Å². The van der Waals surface area contributed by atoms with Crippen molar-refractivity contribution in [3.8, 4) is 0 Å². The lowest BCUT2D eigenvalue weighted by Crippen LogP contribution is -2.44. The van der Waals surface area contributed by atoms with Crippen LogP contribution in [-0.2, 0) is 10.2 Å². The molecule has 1 saturated heterocycles. The van der Waals surface area contributed by atoms with Gasteiger partial charge in [0.15, 0.2) is 0 Å². The van der Waals surface area contributed by atoms with Gasteiger partial charge in [0, 0.05) is 19.6 Å². The van der Waals surface area contributed by atoms with Crippen molar-refractivity contribution in [3.63, 3.8) is 0 Å². The summed E-state index contributed by atoms with van der Waals surface area (Å²) in [5.74, 6) is -0.0619. The van der Waals surface area contributed by atoms with E-state index >= 15 is 0 Å². The number of nitrogens with one attached hydrogen (secondary N) is 1. The second-order valence-corrected chi connectivity index (χ2v) is 5.65. The predicted molar refractivity (Wildman–Crippen MR) is 71.4 cm³/mol. The van der Waals surface area contributed by atoms with Crippen molar-refractivity contribution in [1.82, 2.24) is 10.2 Å². The zero-order valence-corrected chi connectivity index (χ0v) is 11.2. The molecular formula is C15H19FN2O. The molecule has 19 heavy (non-hydrogen) atoms. The second-order valence-electron chi connectivity index (χ2n) is 5.65. The number of benzene rings is 1. The Bertz CT molecular complexity index is 475.